The molecule has 1 N–H and O–H groups in total. The van der Waals surface area contributed by atoms with Crippen LogP contribution in [0.15, 0.2) is 47.4 Å². The monoisotopic (exact) mass is 351 g/mol. The number of sulfonamides is 1. The van der Waals surface area contributed by atoms with E-state index in [0.29, 0.717) is 5.56 Å². The standard InChI is InChI=1S/C17H18FNO4S/c1-11-5-4-6-16(12(11)2)19(13(3)17(20)21)24(22,23)15-9-7-14(18)8-10-15/h4-10,13H,1-3H3,(H,20,21). The van der Waals surface area contributed by atoms with E-state index in [1.807, 2.05) is 13.0 Å². The number of aliphatic carboxylic acids is 1. The summed E-state index contributed by atoms with van der Waals surface area (Å²) in [6.45, 7) is 4.84. The van der Waals surface area contributed by atoms with Crippen LogP contribution in [0.25, 0.3) is 0 Å². The molecule has 1 atom stereocenters. The normalized spacial score (nSPS) is 12.7. The zero-order chi connectivity index (χ0) is 18.1. The highest BCUT2D eigenvalue weighted by Gasteiger charge is 2.34. The first-order valence-electron chi connectivity index (χ1n) is 7.25. The zero-order valence-electron chi connectivity index (χ0n) is 13.5. The van der Waals surface area contributed by atoms with E-state index in [0.717, 1.165) is 34.1 Å². The van der Waals surface area contributed by atoms with Gasteiger partial charge in [0, 0.05) is 0 Å². The SMILES string of the molecule is Cc1cccc(N(C(C)C(=O)O)S(=O)(=O)c2ccc(F)cc2)c1C. The van der Waals surface area contributed by atoms with E-state index < -0.39 is 27.9 Å². The Hall–Kier alpha value is -2.41. The maximum Gasteiger partial charge on any atom is 0.327 e. The second-order valence-electron chi connectivity index (χ2n) is 5.49. The Morgan fingerprint density at radius 3 is 2.25 bits per heavy atom. The molecule has 0 saturated heterocycles. The van der Waals surface area contributed by atoms with Crippen molar-refractivity contribution in [3.8, 4) is 0 Å². The third-order valence-electron chi connectivity index (χ3n) is 3.89. The summed E-state index contributed by atoms with van der Waals surface area (Å²) in [7, 11) is -4.17. The fraction of sp³-hybridized carbons (Fsp3) is 0.235. The molecule has 0 spiro atoms. The minimum Gasteiger partial charge on any atom is -0.480 e. The summed E-state index contributed by atoms with van der Waals surface area (Å²) in [5.74, 6) is -1.85. The van der Waals surface area contributed by atoms with Crippen LogP contribution in [0, 0.1) is 19.7 Å². The summed E-state index contributed by atoms with van der Waals surface area (Å²) in [5, 5.41) is 9.36. The fourth-order valence-corrected chi connectivity index (χ4v) is 4.01. The van der Waals surface area contributed by atoms with Crippen molar-refractivity contribution in [2.45, 2.75) is 31.7 Å². The van der Waals surface area contributed by atoms with Gasteiger partial charge in [0.05, 0.1) is 10.6 Å². The lowest BCUT2D eigenvalue weighted by molar-refractivity contribution is -0.137. The number of nitrogens with zero attached hydrogens (tertiary/aromatic N) is 1. The summed E-state index contributed by atoms with van der Waals surface area (Å²) in [4.78, 5) is 11.3. The van der Waals surface area contributed by atoms with Crippen LogP contribution < -0.4 is 4.31 Å². The molecule has 0 aliphatic rings. The molecule has 2 rings (SSSR count). The number of aryl methyl sites for hydroxylation is 1. The van der Waals surface area contributed by atoms with Gasteiger partial charge >= 0.3 is 5.97 Å². The van der Waals surface area contributed by atoms with Crippen LogP contribution in [0.5, 0.6) is 0 Å². The second-order valence-corrected chi connectivity index (χ2v) is 7.30. The third kappa shape index (κ3) is 3.26. The zero-order valence-corrected chi connectivity index (χ0v) is 14.3. The molecule has 5 nitrogen and oxygen atoms in total. The van der Waals surface area contributed by atoms with Gasteiger partial charge in [0.15, 0.2) is 0 Å². The van der Waals surface area contributed by atoms with Gasteiger partial charge in [-0.2, -0.15) is 0 Å². The molecule has 1 unspecified atom stereocenters. The highest BCUT2D eigenvalue weighted by Crippen LogP contribution is 2.30. The van der Waals surface area contributed by atoms with Gasteiger partial charge in [-0.1, -0.05) is 12.1 Å². The molecule has 0 aliphatic heterocycles. The van der Waals surface area contributed by atoms with Crippen LogP contribution >= 0.6 is 0 Å². The predicted octanol–water partition coefficient (Wildman–Crippen LogP) is 3.11. The van der Waals surface area contributed by atoms with E-state index in [1.54, 1.807) is 19.1 Å². The van der Waals surface area contributed by atoms with Crippen molar-refractivity contribution >= 4 is 21.7 Å². The van der Waals surface area contributed by atoms with Crippen LogP contribution in [0.1, 0.15) is 18.1 Å². The van der Waals surface area contributed by atoms with Gasteiger partial charge in [0.25, 0.3) is 10.0 Å². The fourth-order valence-electron chi connectivity index (χ4n) is 2.34. The molecule has 24 heavy (non-hydrogen) atoms. The number of hydrogen-bond donors (Lipinski definition) is 1. The first kappa shape index (κ1) is 17.9. The van der Waals surface area contributed by atoms with Crippen LogP contribution in [0.4, 0.5) is 10.1 Å². The van der Waals surface area contributed by atoms with Gasteiger partial charge in [-0.05, 0) is 62.2 Å². The summed E-state index contributed by atoms with van der Waals surface area (Å²) in [6.07, 6.45) is 0. The minimum atomic E-state index is -4.17. The first-order chi connectivity index (χ1) is 11.2. The molecule has 7 heteroatoms. The molecule has 0 fully saturated rings. The Balaban J connectivity index is 2.69. The lowest BCUT2D eigenvalue weighted by atomic mass is 10.1. The Morgan fingerprint density at radius 2 is 1.71 bits per heavy atom. The van der Waals surface area contributed by atoms with E-state index in [4.69, 9.17) is 0 Å². The van der Waals surface area contributed by atoms with E-state index in [-0.39, 0.29) is 10.6 Å². The average Bonchev–Trinajstić information content (AvgIpc) is 2.51. The summed E-state index contributed by atoms with van der Waals surface area (Å²) < 4.78 is 40.0. The smallest absolute Gasteiger partial charge is 0.327 e. The van der Waals surface area contributed by atoms with Crippen molar-refractivity contribution in [3.63, 3.8) is 0 Å². The van der Waals surface area contributed by atoms with Crippen LogP contribution in [-0.4, -0.2) is 25.5 Å². The van der Waals surface area contributed by atoms with Crippen LogP contribution in [0.2, 0.25) is 0 Å². The van der Waals surface area contributed by atoms with Crippen molar-refractivity contribution in [3.05, 3.63) is 59.4 Å². The van der Waals surface area contributed by atoms with Gasteiger partial charge in [0.2, 0.25) is 0 Å². The van der Waals surface area contributed by atoms with Gasteiger partial charge in [-0.15, -0.1) is 0 Å². The number of rotatable bonds is 5. The Morgan fingerprint density at radius 1 is 1.12 bits per heavy atom. The maximum absolute atomic E-state index is 13.1. The number of carbonyl (C=O) groups is 1. The van der Waals surface area contributed by atoms with Crippen molar-refractivity contribution in [2.75, 3.05) is 4.31 Å². The number of anilines is 1. The molecule has 2 aromatic rings. The maximum atomic E-state index is 13.1. The minimum absolute atomic E-state index is 0.169. The Labute approximate surface area is 140 Å². The molecule has 0 radical (unpaired) electrons. The van der Waals surface area contributed by atoms with Gasteiger partial charge < -0.3 is 5.11 Å². The number of benzene rings is 2. The quantitative estimate of drug-likeness (QED) is 0.898. The molecule has 0 bridgehead atoms. The summed E-state index contributed by atoms with van der Waals surface area (Å²) in [5.41, 5.74) is 1.79. The molecule has 0 amide bonds. The van der Waals surface area contributed by atoms with Crippen molar-refractivity contribution < 1.29 is 22.7 Å². The lowest BCUT2D eigenvalue weighted by Gasteiger charge is -2.29. The highest BCUT2D eigenvalue weighted by atomic mass is 32.2. The Bertz CT molecular complexity index is 863. The van der Waals surface area contributed by atoms with Gasteiger partial charge in [-0.3, -0.25) is 4.31 Å². The number of carboxylic acids is 1. The summed E-state index contributed by atoms with van der Waals surface area (Å²) in [6, 6.07) is 8.02. The van der Waals surface area contributed by atoms with Crippen molar-refractivity contribution in [1.82, 2.24) is 0 Å². The lowest BCUT2D eigenvalue weighted by Crippen LogP contribution is -2.43. The van der Waals surface area contributed by atoms with E-state index in [2.05, 4.69) is 0 Å². The van der Waals surface area contributed by atoms with Crippen LogP contribution in [-0.2, 0) is 14.8 Å². The van der Waals surface area contributed by atoms with E-state index >= 15 is 0 Å². The topological polar surface area (TPSA) is 74.7 Å². The molecule has 0 aromatic heterocycles. The van der Waals surface area contributed by atoms with E-state index in [9.17, 15) is 22.7 Å². The molecule has 2 aromatic carbocycles. The number of hydrogen-bond acceptors (Lipinski definition) is 3. The van der Waals surface area contributed by atoms with E-state index in [1.165, 1.54) is 6.92 Å². The van der Waals surface area contributed by atoms with Crippen molar-refractivity contribution in [1.29, 1.82) is 0 Å². The molecule has 0 aliphatic carbocycles. The second kappa shape index (κ2) is 6.60. The highest BCUT2D eigenvalue weighted by molar-refractivity contribution is 7.93. The molecule has 128 valence electrons. The largest absolute Gasteiger partial charge is 0.480 e. The molecular formula is C17H18FNO4S. The predicted molar refractivity (Wildman–Crippen MR) is 89.1 cm³/mol. The molecule has 0 heterocycles. The van der Waals surface area contributed by atoms with Crippen molar-refractivity contribution in [2.24, 2.45) is 0 Å². The average molecular weight is 351 g/mol. The molecular weight excluding hydrogens is 333 g/mol. The number of halogens is 1. The first-order valence-corrected chi connectivity index (χ1v) is 8.69. The molecule has 0 saturated carbocycles. The third-order valence-corrected chi connectivity index (χ3v) is 5.79. The number of carboxylic acid groups (broad SMARTS) is 1. The summed E-state index contributed by atoms with van der Waals surface area (Å²) >= 11 is 0. The van der Waals surface area contributed by atoms with Gasteiger partial charge in [0.1, 0.15) is 11.9 Å². The van der Waals surface area contributed by atoms with Crippen LogP contribution in [0.3, 0.4) is 0 Å². The Kier molecular flexibility index (Phi) is 4.94. The van der Waals surface area contributed by atoms with Gasteiger partial charge in [-0.25, -0.2) is 17.6 Å².